The van der Waals surface area contributed by atoms with E-state index < -0.39 is 55.1 Å². The van der Waals surface area contributed by atoms with Crippen molar-refractivity contribution in [3.63, 3.8) is 0 Å². The molecule has 0 saturated heterocycles. The number of hydrogen-bond acceptors (Lipinski definition) is 10. The molecule has 5 aromatic carbocycles. The van der Waals surface area contributed by atoms with Gasteiger partial charge in [0.05, 0.1) is 27.1 Å². The minimum atomic E-state index is -0.458. The van der Waals surface area contributed by atoms with Gasteiger partial charge in [0.25, 0.3) is 0 Å². The number of ether oxygens (including phenoxy) is 5. The van der Waals surface area contributed by atoms with Gasteiger partial charge in [-0.25, -0.2) is 0 Å². The van der Waals surface area contributed by atoms with Crippen molar-refractivity contribution in [2.75, 3.05) is 0 Å². The molecule has 5 aromatic rings. The summed E-state index contributed by atoms with van der Waals surface area (Å²) in [7, 11) is 0. The molecule has 10 rings (SSSR count). The number of carbonyl (C=O) groups is 5. The Morgan fingerprint density at radius 2 is 0.523 bits per heavy atom. The molecule has 0 aliphatic heterocycles. The fourth-order valence-corrected chi connectivity index (χ4v) is 14.5. The Kier molecular flexibility index (Phi) is 42.0. The maximum atomic E-state index is 12.7. The Labute approximate surface area is 679 Å². The van der Waals surface area contributed by atoms with Crippen LogP contribution < -0.4 is 0 Å². The van der Waals surface area contributed by atoms with E-state index >= 15 is 0 Å². The minimum absolute atomic E-state index is 0. The largest absolute Gasteiger partial charge is 0.454 e. The van der Waals surface area contributed by atoms with Crippen LogP contribution in [0.25, 0.3) is 12.2 Å². The highest BCUT2D eigenvalue weighted by Crippen LogP contribution is 2.49. The van der Waals surface area contributed by atoms with Gasteiger partial charge in [-0.05, 0) is 300 Å². The van der Waals surface area contributed by atoms with Crippen molar-refractivity contribution in [1.29, 1.82) is 0 Å². The van der Waals surface area contributed by atoms with Gasteiger partial charge in [0, 0.05) is 0 Å². The molecule has 10 heteroatoms. The summed E-state index contributed by atoms with van der Waals surface area (Å²) in [6.07, 6.45) is 34.3. The van der Waals surface area contributed by atoms with Crippen LogP contribution in [0.15, 0.2) is 141 Å². The van der Waals surface area contributed by atoms with Crippen molar-refractivity contribution >= 4 is 42.0 Å². The summed E-state index contributed by atoms with van der Waals surface area (Å²) in [5, 5.41) is 0. The summed E-state index contributed by atoms with van der Waals surface area (Å²) in [6, 6.07) is 43.9. The van der Waals surface area contributed by atoms with Gasteiger partial charge in [0.15, 0.2) is 0 Å². The third-order valence-electron chi connectivity index (χ3n) is 24.7. The molecule has 0 radical (unpaired) electrons. The summed E-state index contributed by atoms with van der Waals surface area (Å²) in [5.41, 5.74) is 6.24. The third kappa shape index (κ3) is 27.3. The molecule has 622 valence electrons. The van der Waals surface area contributed by atoms with Crippen molar-refractivity contribution in [3.05, 3.63) is 191 Å². The van der Waals surface area contributed by atoms with Gasteiger partial charge < -0.3 is 23.7 Å². The first kappa shape index (κ1) is 102. The number of esters is 5. The Balaban J connectivity index is 0.000000686. The lowest BCUT2D eigenvalue weighted by atomic mass is 9.78. The van der Waals surface area contributed by atoms with Crippen molar-refractivity contribution in [2.45, 2.75) is 375 Å². The Hall–Kier alpha value is -7.07. The predicted octanol–water partition coefficient (Wildman–Crippen LogP) is 29.1. The van der Waals surface area contributed by atoms with Crippen molar-refractivity contribution in [3.8, 4) is 0 Å². The summed E-state index contributed by atoms with van der Waals surface area (Å²) >= 11 is 0. The highest BCUT2D eigenvalue weighted by molar-refractivity contribution is 5.79. The fraction of sp³-hybridized carbons (Fsp3) is 0.614. The second-order valence-electron chi connectivity index (χ2n) is 34.5. The fourth-order valence-electron chi connectivity index (χ4n) is 14.5. The smallest absolute Gasteiger partial charge is 0.312 e. The van der Waals surface area contributed by atoms with Gasteiger partial charge in [-0.15, -0.1) is 0 Å². The predicted molar refractivity (Wildman–Crippen MR) is 470 cm³/mol. The molecule has 5 fully saturated rings. The summed E-state index contributed by atoms with van der Waals surface area (Å²) < 4.78 is 30.5. The van der Waals surface area contributed by atoms with Crippen LogP contribution in [-0.2, 0) is 82.1 Å². The van der Waals surface area contributed by atoms with Gasteiger partial charge in [0.2, 0.25) is 0 Å². The van der Waals surface area contributed by atoms with E-state index in [4.69, 9.17) is 23.7 Å². The summed E-state index contributed by atoms with van der Waals surface area (Å²) in [6.45, 7) is 41.8. The molecule has 0 bridgehead atoms. The number of rotatable bonds is 23. The van der Waals surface area contributed by atoms with E-state index in [2.05, 4.69) is 131 Å². The van der Waals surface area contributed by atoms with Crippen molar-refractivity contribution in [2.24, 2.45) is 27.1 Å². The molecule has 0 N–H and O–H groups in total. The first-order valence-electron chi connectivity index (χ1n) is 41.1. The zero-order valence-electron chi connectivity index (χ0n) is 69.0. The molecule has 5 aliphatic rings. The zero-order valence-corrected chi connectivity index (χ0v) is 69.0. The van der Waals surface area contributed by atoms with E-state index in [1.165, 1.54) is 36.8 Å². The average molecular weight is 1530 g/mol. The van der Waals surface area contributed by atoms with Crippen LogP contribution in [0.3, 0.4) is 0 Å². The second kappa shape index (κ2) is 45.7. The molecule has 0 aromatic heterocycles. The minimum Gasteiger partial charge on any atom is -0.454 e. The summed E-state index contributed by atoms with van der Waals surface area (Å²) in [4.78, 5) is 62.9. The molecule has 0 atom stereocenters. The van der Waals surface area contributed by atoms with Gasteiger partial charge >= 0.3 is 29.8 Å². The van der Waals surface area contributed by atoms with Crippen LogP contribution in [0.4, 0.5) is 0 Å². The zero-order chi connectivity index (χ0) is 78.1. The van der Waals surface area contributed by atoms with Gasteiger partial charge in [-0.2, -0.15) is 0 Å². The van der Waals surface area contributed by atoms with Crippen LogP contribution >= 0.6 is 0 Å². The maximum Gasteiger partial charge on any atom is 0.312 e. The number of hydrogen-bond donors (Lipinski definition) is 0. The third-order valence-corrected chi connectivity index (χ3v) is 24.7. The Morgan fingerprint density at radius 3 is 0.775 bits per heavy atom. The number of carbonyl (C=O) groups excluding carboxylic acids is 5. The lowest BCUT2D eigenvalue weighted by molar-refractivity contribution is -0.176. The van der Waals surface area contributed by atoms with Crippen LogP contribution in [0.1, 0.15) is 384 Å². The lowest BCUT2D eigenvalue weighted by Crippen LogP contribution is -2.39. The van der Waals surface area contributed by atoms with Gasteiger partial charge in [0.1, 0.15) is 28.0 Å². The highest BCUT2D eigenvalue weighted by atomic mass is 16.6. The first-order chi connectivity index (χ1) is 50.2. The average Bonchev–Trinajstić information content (AvgIpc) is 1.51. The molecule has 0 amide bonds. The van der Waals surface area contributed by atoms with E-state index in [1.54, 1.807) is 0 Å². The van der Waals surface area contributed by atoms with E-state index in [-0.39, 0.29) is 67.0 Å². The molecule has 0 unspecified atom stereocenters. The number of aryl methyl sites for hydroxylation is 2. The number of benzene rings is 5. The molecule has 10 nitrogen and oxygen atoms in total. The molecule has 111 heavy (non-hydrogen) atoms. The summed E-state index contributed by atoms with van der Waals surface area (Å²) in [5.74, 6) is -0.356. The first-order valence-corrected chi connectivity index (χ1v) is 41.1. The van der Waals surface area contributed by atoms with Gasteiger partial charge in [-0.3, -0.25) is 24.0 Å². The van der Waals surface area contributed by atoms with Crippen LogP contribution in [0.5, 0.6) is 0 Å². The van der Waals surface area contributed by atoms with Crippen molar-refractivity contribution < 1.29 is 47.7 Å². The molecular formula is C101H158O10. The molecule has 5 saturated carbocycles. The molecule has 0 spiro atoms. The van der Waals surface area contributed by atoms with E-state index in [1.807, 2.05) is 139 Å². The molecule has 0 heterocycles. The lowest BCUT2D eigenvalue weighted by Gasteiger charge is -2.39. The van der Waals surface area contributed by atoms with E-state index in [9.17, 15) is 24.0 Å². The normalized spacial score (nSPS) is 17.2. The Bertz CT molecular complexity index is 3570. The molecular weight excluding hydrogens is 1370 g/mol. The van der Waals surface area contributed by atoms with Gasteiger partial charge in [-0.1, -0.05) is 250 Å². The maximum absolute atomic E-state index is 12.7. The van der Waals surface area contributed by atoms with Crippen molar-refractivity contribution in [1.82, 2.24) is 0 Å². The Morgan fingerprint density at radius 1 is 0.306 bits per heavy atom. The van der Waals surface area contributed by atoms with E-state index in [0.717, 1.165) is 206 Å². The van der Waals surface area contributed by atoms with Crippen LogP contribution in [-0.4, -0.2) is 29.8 Å². The quantitative estimate of drug-likeness (QED) is 0.0460. The topological polar surface area (TPSA) is 132 Å². The van der Waals surface area contributed by atoms with Crippen LogP contribution in [0.2, 0.25) is 0 Å². The highest BCUT2D eigenvalue weighted by Gasteiger charge is 2.47. The van der Waals surface area contributed by atoms with Crippen LogP contribution in [0, 0.1) is 34.0 Å². The molecule has 5 aliphatic carbocycles. The standard InChI is InChI=1S/C20H28O2.C20H30O2.C19H28O2.C19H26O2.C18H26O2.5CH4/c1-5-16-11-10-12-17(15-16)20(13-8-7-9-14-20)22-18(21)19(3,4)6-2;1-4-19(2,3)18(21)22-20(17-13-9-8-10-14-17)15-11-6-5-7-12-16-20;1-5-15-9-11-16(12-10-15)19(13-7-8-14-19)21-17(20)18(3,4)6-2;1-5-15-10-9-11-16(14-15)19(12-7-8-13-19)21-17(20)18(3,4)6-2;1-5-17(3,4)16(19)20-18(12-6-7-13-18)15-10-8-14(2)9-11-15;;;;;/h5,10-12,15H,1,6-9,13-14H2,2-4H3;8-10,13-14H,4-7,11-12,15-16H2,1-3H3;9-12H,5-8,13-14H2,1-4H3;5,9-11,14H,1,6-8,12-13H2,2-4H3;8-11H,5-7,12-13H2,1-4H3;5*1H4. The second-order valence-corrected chi connectivity index (χ2v) is 34.5. The van der Waals surface area contributed by atoms with E-state index in [0.29, 0.717) is 0 Å². The SMILES string of the molecule is C.C.C.C.C.C=Cc1cccc(C2(OC(=O)C(C)(C)CC)CCCC2)c1.C=Cc1cccc(C2(OC(=O)C(C)(C)CC)CCCCC2)c1.CCC(C)(C)C(=O)OC1(c2ccc(C)cc2)CCCC1.CCC(C)(C)C(=O)OC1(c2ccccc2)CCCCCCC1.CCc1ccc(C2(OC(=O)C(C)(C)CC)CCCC2)cc1. The monoisotopic (exact) mass is 1530 g/mol.